The Hall–Kier alpha value is 0.420. The average Bonchev–Trinajstić information content (AvgIpc) is 2.70. The maximum absolute atomic E-state index is 10.8. The van der Waals surface area contributed by atoms with Crippen LogP contribution >= 0.6 is 11.8 Å². The molecule has 2 fully saturated rings. The van der Waals surface area contributed by atoms with Gasteiger partial charge in [-0.05, 0) is 6.92 Å². The zero-order valence-electron chi connectivity index (χ0n) is 16.8. The second-order valence-electron chi connectivity index (χ2n) is 6.85. The fraction of sp³-hybridized carbons (Fsp3) is 0.938. The fourth-order valence-electron chi connectivity index (χ4n) is 3.04. The predicted molar refractivity (Wildman–Crippen MR) is 93.3 cm³/mol. The molecular weight excluding hydrogens is 439 g/mol. The van der Waals surface area contributed by atoms with E-state index in [0.717, 1.165) is 11.8 Å². The van der Waals surface area contributed by atoms with Crippen molar-refractivity contribution in [3.63, 3.8) is 0 Å². The van der Waals surface area contributed by atoms with E-state index >= 15 is 0 Å². The number of aliphatic carboxylic acids is 1. The molecule has 0 radical (unpaired) electrons. The van der Waals surface area contributed by atoms with E-state index in [4.69, 9.17) is 18.9 Å². The summed E-state index contributed by atoms with van der Waals surface area (Å²) in [5, 5.41) is 70.2. The van der Waals surface area contributed by atoms with Gasteiger partial charge in [0.25, 0.3) is 0 Å². The van der Waals surface area contributed by atoms with E-state index in [0.29, 0.717) is 0 Å². The number of aliphatic hydroxyl groups excluding tert-OH is 6. The summed E-state index contributed by atoms with van der Waals surface area (Å²) in [6.45, 7) is 0.758. The summed E-state index contributed by atoms with van der Waals surface area (Å²) in [6.07, 6.45) is -14.5. The average molecular weight is 466 g/mol. The van der Waals surface area contributed by atoms with Gasteiger partial charge in [-0.15, -0.1) is 11.8 Å². The van der Waals surface area contributed by atoms with Gasteiger partial charge in [-0.25, -0.2) is 0 Å². The van der Waals surface area contributed by atoms with Gasteiger partial charge in [-0.1, -0.05) is 0 Å². The summed E-state index contributed by atoms with van der Waals surface area (Å²) in [4.78, 5) is 10.8. The van der Waals surface area contributed by atoms with Crippen molar-refractivity contribution in [2.75, 3.05) is 19.5 Å². The Morgan fingerprint density at radius 2 is 1.57 bits per heavy atom. The fourth-order valence-corrected chi connectivity index (χ4v) is 3.93. The van der Waals surface area contributed by atoms with Gasteiger partial charge in [-0.3, -0.25) is 0 Å². The maximum Gasteiger partial charge on any atom is 1.00 e. The molecule has 2 aliphatic heterocycles. The van der Waals surface area contributed by atoms with Crippen molar-refractivity contribution in [1.29, 1.82) is 0 Å². The van der Waals surface area contributed by atoms with E-state index in [1.807, 2.05) is 0 Å². The summed E-state index contributed by atoms with van der Waals surface area (Å²) in [5.41, 5.74) is 0. The molecule has 30 heavy (non-hydrogen) atoms. The minimum absolute atomic E-state index is 0. The molecule has 0 aromatic heterocycles. The van der Waals surface area contributed by atoms with Gasteiger partial charge in [0, 0.05) is 18.1 Å². The largest absolute Gasteiger partial charge is 1.00 e. The Morgan fingerprint density at radius 1 is 1.00 bits per heavy atom. The van der Waals surface area contributed by atoms with Crippen LogP contribution in [-0.2, 0) is 23.7 Å². The predicted octanol–water partition coefficient (Wildman–Crippen LogP) is -7.86. The first-order chi connectivity index (χ1) is 13.6. The second kappa shape index (κ2) is 12.6. The molecule has 0 amide bonds. The van der Waals surface area contributed by atoms with Crippen molar-refractivity contribution in [2.24, 2.45) is 0 Å². The molecule has 0 spiro atoms. The van der Waals surface area contributed by atoms with E-state index < -0.39 is 79.2 Å². The third-order valence-corrected chi connectivity index (χ3v) is 6.07. The SMILES string of the molecule is COC1OC(CO)C(OC2OC(CSC(C)C(=O)[O-])C(O)C(O)C2O)C(O)C1O.[Na+]. The van der Waals surface area contributed by atoms with Crippen LogP contribution in [0.3, 0.4) is 0 Å². The topological polar surface area (TPSA) is 198 Å². The van der Waals surface area contributed by atoms with Gasteiger partial charge in [-0.2, -0.15) is 0 Å². The monoisotopic (exact) mass is 466 g/mol. The van der Waals surface area contributed by atoms with Crippen LogP contribution in [0.5, 0.6) is 0 Å². The van der Waals surface area contributed by atoms with Crippen LogP contribution in [0.4, 0.5) is 0 Å². The third kappa shape index (κ3) is 6.48. The van der Waals surface area contributed by atoms with Crippen molar-refractivity contribution in [3.8, 4) is 0 Å². The molecular formula is C16H27NaO12S. The summed E-state index contributed by atoms with van der Waals surface area (Å²) >= 11 is 0.889. The van der Waals surface area contributed by atoms with E-state index in [9.17, 15) is 40.5 Å². The molecule has 0 bridgehead atoms. The quantitative estimate of drug-likeness (QED) is 0.185. The van der Waals surface area contributed by atoms with Gasteiger partial charge < -0.3 is 59.5 Å². The first kappa shape index (κ1) is 28.5. The van der Waals surface area contributed by atoms with E-state index in [2.05, 4.69) is 0 Å². The van der Waals surface area contributed by atoms with Crippen LogP contribution in [0, 0.1) is 0 Å². The summed E-state index contributed by atoms with van der Waals surface area (Å²) in [7, 11) is 1.23. The molecule has 12 nitrogen and oxygen atoms in total. The van der Waals surface area contributed by atoms with Crippen LogP contribution in [0.2, 0.25) is 0 Å². The number of hydrogen-bond donors (Lipinski definition) is 6. The second-order valence-corrected chi connectivity index (χ2v) is 8.23. The Morgan fingerprint density at radius 3 is 2.10 bits per heavy atom. The molecule has 6 N–H and O–H groups in total. The minimum atomic E-state index is -1.73. The number of thioether (sulfide) groups is 1. The molecule has 0 aromatic carbocycles. The minimum Gasteiger partial charge on any atom is -0.549 e. The number of carboxylic acid groups (broad SMARTS) is 1. The molecule has 2 heterocycles. The molecule has 0 aliphatic carbocycles. The van der Waals surface area contributed by atoms with Gasteiger partial charge in [0.2, 0.25) is 0 Å². The van der Waals surface area contributed by atoms with Crippen molar-refractivity contribution < 1.29 is 89.0 Å². The summed E-state index contributed by atoms with van der Waals surface area (Å²) in [5.74, 6) is -1.38. The maximum atomic E-state index is 10.8. The third-order valence-electron chi connectivity index (χ3n) is 4.86. The number of hydrogen-bond acceptors (Lipinski definition) is 13. The molecule has 0 aromatic rings. The van der Waals surface area contributed by atoms with Crippen molar-refractivity contribution in [3.05, 3.63) is 0 Å². The van der Waals surface area contributed by atoms with Gasteiger partial charge in [0.05, 0.1) is 18.7 Å². The van der Waals surface area contributed by atoms with Crippen molar-refractivity contribution in [2.45, 2.75) is 73.6 Å². The van der Waals surface area contributed by atoms with Crippen LogP contribution in [-0.4, -0.2) is 123 Å². The number of ether oxygens (including phenoxy) is 4. The number of methoxy groups -OCH3 is 1. The smallest absolute Gasteiger partial charge is 0.549 e. The molecule has 2 aliphatic rings. The van der Waals surface area contributed by atoms with E-state index in [-0.39, 0.29) is 35.3 Å². The molecule has 2 saturated heterocycles. The Labute approximate surface area is 199 Å². The number of carbonyl (C=O) groups is 1. The van der Waals surface area contributed by atoms with E-state index in [1.165, 1.54) is 14.0 Å². The Balaban J connectivity index is 0.00000450. The molecule has 11 unspecified atom stereocenters. The number of aliphatic hydroxyl groups is 6. The zero-order valence-corrected chi connectivity index (χ0v) is 19.6. The summed E-state index contributed by atoms with van der Waals surface area (Å²) in [6, 6.07) is 0. The number of carbonyl (C=O) groups excluding carboxylic acids is 1. The molecule has 0 saturated carbocycles. The first-order valence-electron chi connectivity index (χ1n) is 8.95. The van der Waals surface area contributed by atoms with E-state index in [1.54, 1.807) is 0 Å². The van der Waals surface area contributed by atoms with Gasteiger partial charge in [0.15, 0.2) is 12.6 Å². The molecule has 14 heteroatoms. The summed E-state index contributed by atoms with van der Waals surface area (Å²) < 4.78 is 21.1. The normalized spacial score (nSPS) is 42.9. The van der Waals surface area contributed by atoms with Crippen molar-refractivity contribution in [1.82, 2.24) is 0 Å². The van der Waals surface area contributed by atoms with Crippen LogP contribution in [0.25, 0.3) is 0 Å². The van der Waals surface area contributed by atoms with Gasteiger partial charge >= 0.3 is 29.6 Å². The first-order valence-corrected chi connectivity index (χ1v) is 10.00. The molecule has 170 valence electrons. The van der Waals surface area contributed by atoms with Crippen molar-refractivity contribution >= 4 is 17.7 Å². The number of carboxylic acids is 1. The molecule has 11 atom stereocenters. The standard InChI is InChI=1S/C16H28O12S.Na/c1-5(14(23)24)29-4-7-8(18)9(19)11(21)16(27-7)28-13-6(3-17)26-15(25-2)12(22)10(13)20;/h5-13,15-22H,3-4H2,1-2H3,(H,23,24);/q;+1/p-1. The van der Waals surface area contributed by atoms with Crippen LogP contribution < -0.4 is 34.7 Å². The zero-order chi connectivity index (χ0) is 21.9. The van der Waals surface area contributed by atoms with Crippen LogP contribution in [0.15, 0.2) is 0 Å². The Kier molecular flexibility index (Phi) is 12.0. The van der Waals surface area contributed by atoms with Crippen LogP contribution in [0.1, 0.15) is 6.92 Å². The van der Waals surface area contributed by atoms with Gasteiger partial charge in [0.1, 0.15) is 42.7 Å². The number of rotatable bonds is 8. The Bertz CT molecular complexity index is 542. The molecule has 2 rings (SSSR count).